The molecule has 0 spiro atoms. The van der Waals surface area contributed by atoms with Crippen LogP contribution in [-0.2, 0) is 9.53 Å². The molecular formula is C13H15NO4. The number of carbonyl (C=O) groups is 2. The number of ether oxygens (including phenoxy) is 2. The summed E-state index contributed by atoms with van der Waals surface area (Å²) < 4.78 is 10.3. The standard InChI is InChI=1S/C13H15NO4/c1-13(2)11(14(8-15)12(16)18-13)9-4-6-10(17-3)7-5-9/h4-8,11H,1-3H3/t11-/m0/s1. The van der Waals surface area contributed by atoms with E-state index in [1.165, 1.54) is 0 Å². The molecule has 2 rings (SSSR count). The van der Waals surface area contributed by atoms with Gasteiger partial charge in [0.05, 0.1) is 7.11 Å². The number of cyclic esters (lactones) is 1. The summed E-state index contributed by atoms with van der Waals surface area (Å²) in [6, 6.07) is 6.80. The fourth-order valence-corrected chi connectivity index (χ4v) is 2.23. The Morgan fingerprint density at radius 1 is 1.33 bits per heavy atom. The summed E-state index contributed by atoms with van der Waals surface area (Å²) in [5.41, 5.74) is 0.0887. The highest BCUT2D eigenvalue weighted by Gasteiger charge is 2.48. The average molecular weight is 249 g/mol. The van der Waals surface area contributed by atoms with Gasteiger partial charge < -0.3 is 9.47 Å². The number of methoxy groups -OCH3 is 1. The van der Waals surface area contributed by atoms with Gasteiger partial charge in [0.25, 0.3) is 0 Å². The molecule has 5 heteroatoms. The minimum Gasteiger partial charge on any atom is -0.497 e. The molecule has 1 atom stereocenters. The van der Waals surface area contributed by atoms with Gasteiger partial charge in [-0.3, -0.25) is 4.79 Å². The van der Waals surface area contributed by atoms with Gasteiger partial charge in [-0.25, -0.2) is 9.69 Å². The molecule has 1 aromatic carbocycles. The third-order valence-electron chi connectivity index (χ3n) is 3.04. The normalized spacial score (nSPS) is 21.6. The Bertz CT molecular complexity index is 466. The second-order valence-corrected chi connectivity index (χ2v) is 4.66. The summed E-state index contributed by atoms with van der Waals surface area (Å²) in [6.07, 6.45) is -0.109. The first-order chi connectivity index (χ1) is 8.49. The smallest absolute Gasteiger partial charge is 0.417 e. The van der Waals surface area contributed by atoms with Crippen LogP contribution in [0.3, 0.4) is 0 Å². The third-order valence-corrected chi connectivity index (χ3v) is 3.04. The molecule has 96 valence electrons. The van der Waals surface area contributed by atoms with Crippen LogP contribution in [0.1, 0.15) is 25.5 Å². The monoisotopic (exact) mass is 249 g/mol. The maximum Gasteiger partial charge on any atom is 0.417 e. The number of rotatable bonds is 3. The molecule has 0 aromatic heterocycles. The summed E-state index contributed by atoms with van der Waals surface area (Å²) >= 11 is 0. The summed E-state index contributed by atoms with van der Waals surface area (Å²) in [5, 5.41) is 0. The van der Waals surface area contributed by atoms with Gasteiger partial charge in [-0.1, -0.05) is 12.1 Å². The van der Waals surface area contributed by atoms with Gasteiger partial charge in [-0.15, -0.1) is 0 Å². The molecule has 5 nitrogen and oxygen atoms in total. The van der Waals surface area contributed by atoms with Crippen molar-refractivity contribution in [1.29, 1.82) is 0 Å². The van der Waals surface area contributed by atoms with Gasteiger partial charge in [0, 0.05) is 0 Å². The van der Waals surface area contributed by atoms with Crippen molar-refractivity contribution in [3.63, 3.8) is 0 Å². The minimum absolute atomic E-state index is 0.423. The van der Waals surface area contributed by atoms with Gasteiger partial charge in [0.1, 0.15) is 17.4 Å². The third kappa shape index (κ3) is 1.92. The lowest BCUT2D eigenvalue weighted by atomic mass is 9.92. The zero-order valence-electron chi connectivity index (χ0n) is 10.5. The van der Waals surface area contributed by atoms with Crippen LogP contribution in [0.15, 0.2) is 24.3 Å². The SMILES string of the molecule is COc1ccc([C@@H]2N(C=O)C(=O)OC2(C)C)cc1. The maximum atomic E-state index is 11.6. The van der Waals surface area contributed by atoms with E-state index < -0.39 is 17.7 Å². The quantitative estimate of drug-likeness (QED) is 0.770. The lowest BCUT2D eigenvalue weighted by Crippen LogP contribution is -2.32. The van der Waals surface area contributed by atoms with Gasteiger partial charge in [-0.05, 0) is 31.5 Å². The van der Waals surface area contributed by atoms with Gasteiger partial charge in [0.2, 0.25) is 6.41 Å². The van der Waals surface area contributed by atoms with Crippen LogP contribution < -0.4 is 4.74 Å². The van der Waals surface area contributed by atoms with E-state index in [9.17, 15) is 9.59 Å². The first-order valence-electron chi connectivity index (χ1n) is 5.60. The fourth-order valence-electron chi connectivity index (χ4n) is 2.23. The summed E-state index contributed by atoms with van der Waals surface area (Å²) in [4.78, 5) is 23.7. The van der Waals surface area contributed by atoms with Crippen LogP contribution in [0.25, 0.3) is 0 Å². The molecule has 1 aromatic rings. The second-order valence-electron chi connectivity index (χ2n) is 4.66. The van der Waals surface area contributed by atoms with Crippen molar-refractivity contribution in [1.82, 2.24) is 4.90 Å². The van der Waals surface area contributed by atoms with Crippen LogP contribution >= 0.6 is 0 Å². The van der Waals surface area contributed by atoms with Crippen molar-refractivity contribution in [3.8, 4) is 5.75 Å². The second kappa shape index (κ2) is 4.33. The molecule has 0 aliphatic carbocycles. The van der Waals surface area contributed by atoms with Crippen molar-refractivity contribution < 1.29 is 19.1 Å². The average Bonchev–Trinajstić information content (AvgIpc) is 2.58. The summed E-state index contributed by atoms with van der Waals surface area (Å²) in [5.74, 6) is 0.722. The topological polar surface area (TPSA) is 55.8 Å². The molecule has 0 saturated carbocycles. The number of benzene rings is 1. The molecule has 1 heterocycles. The van der Waals surface area contributed by atoms with Crippen molar-refractivity contribution in [2.24, 2.45) is 0 Å². The fraction of sp³-hybridized carbons (Fsp3) is 0.385. The van der Waals surface area contributed by atoms with Crippen molar-refractivity contribution in [3.05, 3.63) is 29.8 Å². The highest BCUT2D eigenvalue weighted by molar-refractivity contribution is 5.83. The number of imide groups is 1. The molecule has 2 amide bonds. The molecule has 1 saturated heterocycles. The molecule has 0 N–H and O–H groups in total. The Morgan fingerprint density at radius 2 is 1.94 bits per heavy atom. The number of amides is 2. The van der Waals surface area contributed by atoms with Crippen molar-refractivity contribution in [2.75, 3.05) is 7.11 Å². The Kier molecular flexibility index (Phi) is 2.98. The van der Waals surface area contributed by atoms with E-state index in [4.69, 9.17) is 9.47 Å². The Hall–Kier alpha value is -2.04. The van der Waals surface area contributed by atoms with Crippen molar-refractivity contribution in [2.45, 2.75) is 25.5 Å². The predicted molar refractivity (Wildman–Crippen MR) is 64.2 cm³/mol. The summed E-state index contributed by atoms with van der Waals surface area (Å²) in [7, 11) is 1.58. The number of carbonyl (C=O) groups excluding carboxylic acids is 2. The lowest BCUT2D eigenvalue weighted by Gasteiger charge is -2.26. The van der Waals surface area contributed by atoms with Crippen LogP contribution in [0.5, 0.6) is 5.75 Å². The molecule has 1 aliphatic heterocycles. The first-order valence-corrected chi connectivity index (χ1v) is 5.60. The van der Waals surface area contributed by atoms with Crippen LogP contribution in [0.4, 0.5) is 4.79 Å². The van der Waals surface area contributed by atoms with E-state index in [-0.39, 0.29) is 0 Å². The van der Waals surface area contributed by atoms with Crippen LogP contribution in [0, 0.1) is 0 Å². The molecule has 1 aliphatic rings. The van der Waals surface area contributed by atoms with Gasteiger partial charge in [-0.2, -0.15) is 0 Å². The van der Waals surface area contributed by atoms with Crippen molar-refractivity contribution >= 4 is 12.5 Å². The highest BCUT2D eigenvalue weighted by atomic mass is 16.6. The van der Waals surface area contributed by atoms with E-state index in [0.29, 0.717) is 6.41 Å². The number of hydrogen-bond donors (Lipinski definition) is 0. The predicted octanol–water partition coefficient (Wildman–Crippen LogP) is 2.12. The van der Waals surface area contributed by atoms with Crippen LogP contribution in [-0.4, -0.2) is 30.1 Å². The van der Waals surface area contributed by atoms with E-state index in [2.05, 4.69) is 0 Å². The van der Waals surface area contributed by atoms with E-state index in [0.717, 1.165) is 16.2 Å². The molecule has 0 radical (unpaired) electrons. The Morgan fingerprint density at radius 3 is 2.44 bits per heavy atom. The zero-order chi connectivity index (χ0) is 13.3. The Labute approximate surface area is 105 Å². The van der Waals surface area contributed by atoms with Gasteiger partial charge >= 0.3 is 6.09 Å². The minimum atomic E-state index is -0.743. The largest absolute Gasteiger partial charge is 0.497 e. The van der Waals surface area contributed by atoms with Crippen LogP contribution in [0.2, 0.25) is 0 Å². The van der Waals surface area contributed by atoms with Gasteiger partial charge in [0.15, 0.2) is 0 Å². The van der Waals surface area contributed by atoms with E-state index >= 15 is 0 Å². The molecular weight excluding hydrogens is 234 g/mol. The molecule has 1 fully saturated rings. The highest BCUT2D eigenvalue weighted by Crippen LogP contribution is 2.40. The lowest BCUT2D eigenvalue weighted by molar-refractivity contribution is -0.117. The number of nitrogens with zero attached hydrogens (tertiary/aromatic N) is 1. The van der Waals surface area contributed by atoms with E-state index in [1.54, 1.807) is 33.1 Å². The maximum absolute atomic E-state index is 11.6. The molecule has 0 unspecified atom stereocenters. The molecule has 0 bridgehead atoms. The summed E-state index contributed by atoms with van der Waals surface area (Å²) in [6.45, 7) is 3.56. The molecule has 18 heavy (non-hydrogen) atoms. The first kappa shape index (κ1) is 12.4. The van der Waals surface area contributed by atoms with E-state index in [1.807, 2.05) is 12.1 Å². The Balaban J connectivity index is 2.39. The zero-order valence-corrected chi connectivity index (χ0v) is 10.5. The number of hydrogen-bond acceptors (Lipinski definition) is 4.